The second-order valence-electron chi connectivity index (χ2n) is 5.67. The molecule has 0 saturated heterocycles. The maximum absolute atomic E-state index is 8.86. The van der Waals surface area contributed by atoms with Crippen LogP contribution in [0.3, 0.4) is 0 Å². The average Bonchev–Trinajstić information content (AvgIpc) is 2.65. The maximum atomic E-state index is 8.86. The summed E-state index contributed by atoms with van der Waals surface area (Å²) in [5.74, 6) is 0.791. The minimum absolute atomic E-state index is 0. The van der Waals surface area contributed by atoms with Gasteiger partial charge in [0.15, 0.2) is 5.96 Å². The van der Waals surface area contributed by atoms with E-state index < -0.39 is 0 Å². The summed E-state index contributed by atoms with van der Waals surface area (Å²) < 4.78 is 0. The number of guanidine groups is 1. The molecule has 2 rings (SSSR count). The third kappa shape index (κ3) is 6.89. The molecule has 0 aromatic heterocycles. The number of aliphatic imine (C=N–C) groups is 1. The Morgan fingerprint density at radius 2 is 1.88 bits per heavy atom. The number of rotatable bonds is 6. The summed E-state index contributed by atoms with van der Waals surface area (Å²) >= 11 is 1.76. The number of thioether (sulfide) groups is 1. The molecule has 0 fully saturated rings. The summed E-state index contributed by atoms with van der Waals surface area (Å²) in [7, 11) is 0. The number of nitriles is 1. The van der Waals surface area contributed by atoms with E-state index in [0.29, 0.717) is 12.1 Å². The fraction of sp³-hybridized carbons (Fsp3) is 0.300. The smallest absolute Gasteiger partial charge is 0.191 e. The predicted octanol–water partition coefficient (Wildman–Crippen LogP) is 4.46. The molecular weight excluding hydrogens is 455 g/mol. The molecule has 6 heteroatoms. The molecule has 0 spiro atoms. The van der Waals surface area contributed by atoms with Gasteiger partial charge in [-0.3, -0.25) is 0 Å². The minimum atomic E-state index is 0. The zero-order valence-electron chi connectivity index (χ0n) is 15.4. The number of hydrogen-bond acceptors (Lipinski definition) is 3. The van der Waals surface area contributed by atoms with Crippen molar-refractivity contribution in [3.8, 4) is 6.07 Å². The monoisotopic (exact) mass is 480 g/mol. The van der Waals surface area contributed by atoms with Gasteiger partial charge in [0.2, 0.25) is 0 Å². The Hall–Kier alpha value is -1.72. The molecule has 4 nitrogen and oxygen atoms in total. The zero-order chi connectivity index (χ0) is 18.1. The van der Waals surface area contributed by atoms with E-state index in [1.165, 1.54) is 16.0 Å². The van der Waals surface area contributed by atoms with Crippen molar-refractivity contribution in [1.29, 1.82) is 5.26 Å². The highest BCUT2D eigenvalue weighted by Gasteiger charge is 2.04. The maximum Gasteiger partial charge on any atom is 0.191 e. The van der Waals surface area contributed by atoms with Gasteiger partial charge in [-0.1, -0.05) is 24.3 Å². The second-order valence-corrected chi connectivity index (χ2v) is 6.52. The molecule has 0 unspecified atom stereocenters. The Morgan fingerprint density at radius 1 is 1.15 bits per heavy atom. The lowest BCUT2D eigenvalue weighted by atomic mass is 10.1. The summed E-state index contributed by atoms with van der Waals surface area (Å²) in [4.78, 5) is 5.92. The first-order valence-corrected chi connectivity index (χ1v) is 9.53. The molecule has 0 heterocycles. The molecule has 0 bridgehead atoms. The first-order valence-electron chi connectivity index (χ1n) is 8.31. The molecule has 138 valence electrons. The fourth-order valence-corrected chi connectivity index (χ4v) is 3.08. The number of aryl methyl sites for hydroxylation is 1. The lowest BCUT2D eigenvalue weighted by molar-refractivity contribution is 0.807. The lowest BCUT2D eigenvalue weighted by Crippen LogP contribution is -2.36. The van der Waals surface area contributed by atoms with E-state index in [-0.39, 0.29) is 24.0 Å². The topological polar surface area (TPSA) is 60.2 Å². The van der Waals surface area contributed by atoms with Crippen LogP contribution in [0.4, 0.5) is 0 Å². The Kier molecular flexibility index (Phi) is 10.1. The molecule has 2 aromatic carbocycles. The first kappa shape index (κ1) is 22.3. The van der Waals surface area contributed by atoms with E-state index in [1.807, 2.05) is 24.3 Å². The fourth-order valence-electron chi connectivity index (χ4n) is 2.37. The summed E-state index contributed by atoms with van der Waals surface area (Å²) in [6.45, 7) is 6.28. The summed E-state index contributed by atoms with van der Waals surface area (Å²) in [6.07, 6.45) is 2.10. The van der Waals surface area contributed by atoms with Gasteiger partial charge in [0.1, 0.15) is 0 Å². The first-order chi connectivity index (χ1) is 12.2. The van der Waals surface area contributed by atoms with Gasteiger partial charge in [-0.2, -0.15) is 5.26 Å². The molecule has 0 atom stereocenters. The number of benzene rings is 2. The van der Waals surface area contributed by atoms with Crippen molar-refractivity contribution < 1.29 is 0 Å². The van der Waals surface area contributed by atoms with Gasteiger partial charge in [-0.15, -0.1) is 35.7 Å². The van der Waals surface area contributed by atoms with Gasteiger partial charge < -0.3 is 10.6 Å². The van der Waals surface area contributed by atoms with E-state index >= 15 is 0 Å². The second kappa shape index (κ2) is 11.8. The normalized spacial score (nSPS) is 10.6. The van der Waals surface area contributed by atoms with Gasteiger partial charge in [-0.05, 0) is 55.0 Å². The Balaban J connectivity index is 0.00000338. The van der Waals surface area contributed by atoms with Crippen LogP contribution >= 0.6 is 35.7 Å². The minimum Gasteiger partial charge on any atom is -0.357 e. The molecule has 0 aliphatic heterocycles. The van der Waals surface area contributed by atoms with Gasteiger partial charge in [-0.25, -0.2) is 4.99 Å². The SMILES string of the molecule is CCNC(=NCc1ccc(C#N)cc1)NCc1ccc(C)cc1SC.I. The molecule has 26 heavy (non-hydrogen) atoms. The van der Waals surface area contributed by atoms with Crippen LogP contribution in [-0.4, -0.2) is 18.8 Å². The van der Waals surface area contributed by atoms with Crippen molar-refractivity contribution >= 4 is 41.7 Å². The van der Waals surface area contributed by atoms with Crippen LogP contribution in [0.1, 0.15) is 29.2 Å². The number of hydrogen-bond donors (Lipinski definition) is 2. The molecular formula is C20H25IN4S. The highest BCUT2D eigenvalue weighted by Crippen LogP contribution is 2.21. The quantitative estimate of drug-likeness (QED) is 0.278. The highest BCUT2D eigenvalue weighted by atomic mass is 127. The molecule has 0 aliphatic rings. The van der Waals surface area contributed by atoms with E-state index in [9.17, 15) is 0 Å². The van der Waals surface area contributed by atoms with E-state index in [4.69, 9.17) is 5.26 Å². The van der Waals surface area contributed by atoms with Crippen molar-refractivity contribution in [2.24, 2.45) is 4.99 Å². The van der Waals surface area contributed by atoms with Crippen LogP contribution in [0.2, 0.25) is 0 Å². The average molecular weight is 480 g/mol. The van der Waals surface area contributed by atoms with Crippen molar-refractivity contribution in [3.05, 3.63) is 64.7 Å². The third-order valence-electron chi connectivity index (χ3n) is 3.74. The van der Waals surface area contributed by atoms with E-state index in [1.54, 1.807) is 11.8 Å². The van der Waals surface area contributed by atoms with E-state index in [2.05, 4.69) is 60.0 Å². The molecule has 0 aliphatic carbocycles. The summed E-state index contributed by atoms with van der Waals surface area (Å²) in [6, 6.07) is 16.2. The standard InChI is InChI=1S/C20H24N4S.HI/c1-4-22-20(23-13-17-8-6-16(12-21)7-9-17)24-14-18-10-5-15(2)11-19(18)25-3;/h5-11H,4,13-14H2,1-3H3,(H2,22,23,24);1H. The zero-order valence-corrected chi connectivity index (χ0v) is 18.5. The third-order valence-corrected chi connectivity index (χ3v) is 4.56. The molecule has 0 saturated carbocycles. The van der Waals surface area contributed by atoms with Crippen LogP contribution in [0.25, 0.3) is 0 Å². The van der Waals surface area contributed by atoms with Crippen LogP contribution in [0.5, 0.6) is 0 Å². The van der Waals surface area contributed by atoms with Gasteiger partial charge in [0, 0.05) is 18.0 Å². The predicted molar refractivity (Wildman–Crippen MR) is 121 cm³/mol. The van der Waals surface area contributed by atoms with Crippen molar-refractivity contribution in [2.75, 3.05) is 12.8 Å². The molecule has 0 amide bonds. The summed E-state index contributed by atoms with van der Waals surface area (Å²) in [5, 5.41) is 15.5. The van der Waals surface area contributed by atoms with Crippen molar-refractivity contribution in [2.45, 2.75) is 31.8 Å². The van der Waals surface area contributed by atoms with Crippen LogP contribution < -0.4 is 10.6 Å². The Bertz CT molecular complexity index is 766. The molecule has 2 aromatic rings. The largest absolute Gasteiger partial charge is 0.357 e. The van der Waals surface area contributed by atoms with Crippen molar-refractivity contribution in [1.82, 2.24) is 10.6 Å². The van der Waals surface area contributed by atoms with Crippen molar-refractivity contribution in [3.63, 3.8) is 0 Å². The van der Waals surface area contributed by atoms with Gasteiger partial charge >= 0.3 is 0 Å². The van der Waals surface area contributed by atoms with Gasteiger partial charge in [0.25, 0.3) is 0 Å². The lowest BCUT2D eigenvalue weighted by Gasteiger charge is -2.14. The highest BCUT2D eigenvalue weighted by molar-refractivity contribution is 14.0. The van der Waals surface area contributed by atoms with Crippen LogP contribution in [-0.2, 0) is 13.1 Å². The number of nitrogens with one attached hydrogen (secondary N) is 2. The Morgan fingerprint density at radius 3 is 2.50 bits per heavy atom. The number of nitrogens with zero attached hydrogens (tertiary/aromatic N) is 2. The summed E-state index contributed by atoms with van der Waals surface area (Å²) in [5.41, 5.74) is 4.29. The molecule has 0 radical (unpaired) electrons. The molecule has 2 N–H and O–H groups in total. The van der Waals surface area contributed by atoms with Crippen LogP contribution in [0.15, 0.2) is 52.4 Å². The number of halogens is 1. The van der Waals surface area contributed by atoms with Crippen LogP contribution in [0, 0.1) is 18.3 Å². The van der Waals surface area contributed by atoms with E-state index in [0.717, 1.165) is 24.6 Å². The van der Waals surface area contributed by atoms with Gasteiger partial charge in [0.05, 0.1) is 18.2 Å². The Labute approximate surface area is 177 Å².